The first-order valence-electron chi connectivity index (χ1n) is 6.48. The van der Waals surface area contributed by atoms with Crippen molar-refractivity contribution in [1.29, 1.82) is 0 Å². The molecule has 1 aromatic carbocycles. The second kappa shape index (κ2) is 5.57. The molecule has 2 aromatic rings. The quantitative estimate of drug-likeness (QED) is 0.805. The number of rotatable bonds is 4. The fourth-order valence-corrected chi connectivity index (χ4v) is 2.74. The molecule has 3 amide bonds. The van der Waals surface area contributed by atoms with Gasteiger partial charge in [0.2, 0.25) is 5.91 Å². The molecular formula is C14H12N4O3S. The zero-order valence-corrected chi connectivity index (χ0v) is 12.2. The fraction of sp³-hybridized carbons (Fsp3) is 0.143. The molecule has 0 spiro atoms. The van der Waals surface area contributed by atoms with E-state index in [1.54, 1.807) is 29.6 Å². The summed E-state index contributed by atoms with van der Waals surface area (Å²) in [5.74, 6) is -1.33. The zero-order chi connectivity index (χ0) is 15.7. The molecule has 0 radical (unpaired) electrons. The average Bonchev–Trinajstić information content (AvgIpc) is 3.03. The van der Waals surface area contributed by atoms with Gasteiger partial charge in [-0.25, -0.2) is 4.98 Å². The van der Waals surface area contributed by atoms with E-state index in [-0.39, 0.29) is 13.1 Å². The van der Waals surface area contributed by atoms with Crippen molar-refractivity contribution in [3.05, 3.63) is 46.5 Å². The Morgan fingerprint density at radius 3 is 2.41 bits per heavy atom. The van der Waals surface area contributed by atoms with Gasteiger partial charge in [-0.05, 0) is 12.1 Å². The van der Waals surface area contributed by atoms with E-state index in [9.17, 15) is 14.4 Å². The maximum atomic E-state index is 12.1. The summed E-state index contributed by atoms with van der Waals surface area (Å²) >= 11 is 1.28. The van der Waals surface area contributed by atoms with Gasteiger partial charge in [-0.2, -0.15) is 0 Å². The van der Waals surface area contributed by atoms with Crippen LogP contribution in [0.3, 0.4) is 0 Å². The maximum Gasteiger partial charge on any atom is 0.262 e. The molecule has 3 N–H and O–H groups in total. The van der Waals surface area contributed by atoms with Crippen LogP contribution in [0.2, 0.25) is 0 Å². The third kappa shape index (κ3) is 2.56. The lowest BCUT2D eigenvalue weighted by atomic mass is 10.1. The highest BCUT2D eigenvalue weighted by Crippen LogP contribution is 2.21. The molecule has 112 valence electrons. The number of imide groups is 1. The first-order chi connectivity index (χ1) is 10.6. The van der Waals surface area contributed by atoms with Crippen LogP contribution in [0.5, 0.6) is 0 Å². The fourth-order valence-electron chi connectivity index (χ4n) is 2.18. The van der Waals surface area contributed by atoms with Crippen molar-refractivity contribution in [1.82, 2.24) is 15.2 Å². The van der Waals surface area contributed by atoms with E-state index in [2.05, 4.69) is 10.3 Å². The normalized spacial score (nSPS) is 13.4. The van der Waals surface area contributed by atoms with E-state index in [4.69, 9.17) is 5.73 Å². The van der Waals surface area contributed by atoms with Gasteiger partial charge in [-0.3, -0.25) is 19.3 Å². The van der Waals surface area contributed by atoms with Gasteiger partial charge in [0.25, 0.3) is 11.8 Å². The van der Waals surface area contributed by atoms with Crippen LogP contribution in [-0.4, -0.2) is 34.2 Å². The van der Waals surface area contributed by atoms with Crippen LogP contribution in [0.25, 0.3) is 0 Å². The molecule has 2 heterocycles. The molecule has 1 aromatic heterocycles. The molecule has 0 saturated heterocycles. The predicted molar refractivity (Wildman–Crippen MR) is 80.2 cm³/mol. The van der Waals surface area contributed by atoms with Crippen molar-refractivity contribution in [2.45, 2.75) is 6.54 Å². The highest BCUT2D eigenvalue weighted by atomic mass is 32.1. The largest absolute Gasteiger partial charge is 0.375 e. The van der Waals surface area contributed by atoms with Crippen molar-refractivity contribution < 1.29 is 14.4 Å². The number of nitrogen functional groups attached to an aromatic ring is 1. The third-order valence-electron chi connectivity index (χ3n) is 3.22. The lowest BCUT2D eigenvalue weighted by molar-refractivity contribution is -0.121. The summed E-state index contributed by atoms with van der Waals surface area (Å²) in [7, 11) is 0. The van der Waals surface area contributed by atoms with E-state index in [0.717, 1.165) is 4.90 Å². The number of carbonyl (C=O) groups excluding carboxylic acids is 3. The molecule has 1 aliphatic rings. The number of anilines is 1. The Kier molecular flexibility index (Phi) is 3.60. The Labute approximate surface area is 129 Å². The predicted octanol–water partition coefficient (Wildman–Crippen LogP) is 0.638. The first kappa shape index (κ1) is 14.2. The van der Waals surface area contributed by atoms with Gasteiger partial charge in [0, 0.05) is 5.38 Å². The molecule has 1 aliphatic heterocycles. The summed E-state index contributed by atoms with van der Waals surface area (Å²) in [6.45, 7) is -0.109. The van der Waals surface area contributed by atoms with E-state index in [1.165, 1.54) is 11.3 Å². The third-order valence-corrected chi connectivity index (χ3v) is 3.94. The van der Waals surface area contributed by atoms with Crippen molar-refractivity contribution >= 4 is 34.2 Å². The zero-order valence-electron chi connectivity index (χ0n) is 11.4. The van der Waals surface area contributed by atoms with Gasteiger partial charge >= 0.3 is 0 Å². The van der Waals surface area contributed by atoms with Crippen LogP contribution in [0.15, 0.2) is 29.6 Å². The smallest absolute Gasteiger partial charge is 0.262 e. The molecule has 0 atom stereocenters. The number of hydrogen-bond acceptors (Lipinski definition) is 6. The minimum atomic E-state index is -0.450. The molecule has 8 heteroatoms. The van der Waals surface area contributed by atoms with Crippen LogP contribution >= 0.6 is 11.3 Å². The Balaban J connectivity index is 1.63. The Morgan fingerprint density at radius 2 is 1.86 bits per heavy atom. The van der Waals surface area contributed by atoms with Crippen LogP contribution in [-0.2, 0) is 11.3 Å². The molecule has 0 bridgehead atoms. The van der Waals surface area contributed by atoms with Crippen molar-refractivity contribution in [3.63, 3.8) is 0 Å². The van der Waals surface area contributed by atoms with Gasteiger partial charge in [-0.15, -0.1) is 11.3 Å². The summed E-state index contributed by atoms with van der Waals surface area (Å²) in [5.41, 5.74) is 6.79. The van der Waals surface area contributed by atoms with Gasteiger partial charge in [-0.1, -0.05) is 12.1 Å². The summed E-state index contributed by atoms with van der Waals surface area (Å²) in [4.78, 5) is 41.1. The summed E-state index contributed by atoms with van der Waals surface area (Å²) in [6, 6.07) is 6.51. The van der Waals surface area contributed by atoms with Gasteiger partial charge < -0.3 is 11.1 Å². The highest BCUT2D eigenvalue weighted by Gasteiger charge is 2.36. The number of nitrogens with one attached hydrogen (secondary N) is 1. The Morgan fingerprint density at radius 1 is 1.23 bits per heavy atom. The topological polar surface area (TPSA) is 105 Å². The summed E-state index contributed by atoms with van der Waals surface area (Å²) in [6.07, 6.45) is 0. The number of fused-ring (bicyclic) bond motifs is 1. The lowest BCUT2D eigenvalue weighted by Gasteiger charge is -2.13. The second-order valence-corrected chi connectivity index (χ2v) is 5.59. The number of nitrogens with two attached hydrogens (primary N) is 1. The minimum Gasteiger partial charge on any atom is -0.375 e. The maximum absolute atomic E-state index is 12.1. The van der Waals surface area contributed by atoms with Gasteiger partial charge in [0.1, 0.15) is 6.54 Å². The molecule has 0 unspecified atom stereocenters. The van der Waals surface area contributed by atoms with Gasteiger partial charge in [0.05, 0.1) is 23.4 Å². The van der Waals surface area contributed by atoms with Crippen molar-refractivity contribution in [2.75, 3.05) is 12.3 Å². The molecule has 0 saturated carbocycles. The average molecular weight is 316 g/mol. The highest BCUT2D eigenvalue weighted by molar-refractivity contribution is 7.13. The number of thiazole rings is 1. The standard InChI is InChI=1S/C14H12N4O3S/c15-14-17-8(7-22-14)5-16-11(19)6-18-12(20)9-3-1-2-4-10(9)13(18)21/h1-4,7H,5-6H2,(H2,15,17)(H,16,19). The molecule has 0 fully saturated rings. The molecule has 22 heavy (non-hydrogen) atoms. The molecule has 0 aliphatic carbocycles. The second-order valence-electron chi connectivity index (χ2n) is 4.70. The number of aromatic nitrogens is 1. The van der Waals surface area contributed by atoms with Crippen LogP contribution in [0.4, 0.5) is 5.13 Å². The number of nitrogens with zero attached hydrogens (tertiary/aromatic N) is 2. The van der Waals surface area contributed by atoms with Crippen LogP contribution in [0.1, 0.15) is 26.4 Å². The van der Waals surface area contributed by atoms with E-state index < -0.39 is 17.7 Å². The van der Waals surface area contributed by atoms with Crippen molar-refractivity contribution in [3.8, 4) is 0 Å². The Hall–Kier alpha value is -2.74. The summed E-state index contributed by atoms with van der Waals surface area (Å²) in [5, 5.41) is 4.77. The SMILES string of the molecule is Nc1nc(CNC(=O)CN2C(=O)c3ccccc3C2=O)cs1. The van der Waals surface area contributed by atoms with E-state index in [0.29, 0.717) is 22.0 Å². The molecular weight excluding hydrogens is 304 g/mol. The molecule has 3 rings (SSSR count). The van der Waals surface area contributed by atoms with Crippen molar-refractivity contribution in [2.24, 2.45) is 0 Å². The lowest BCUT2D eigenvalue weighted by Crippen LogP contribution is -2.40. The van der Waals surface area contributed by atoms with Gasteiger partial charge in [0.15, 0.2) is 5.13 Å². The number of benzene rings is 1. The summed E-state index contributed by atoms with van der Waals surface area (Å²) < 4.78 is 0. The Bertz CT molecular complexity index is 736. The van der Waals surface area contributed by atoms with E-state index in [1.807, 2.05) is 0 Å². The number of carbonyl (C=O) groups is 3. The van der Waals surface area contributed by atoms with Crippen LogP contribution < -0.4 is 11.1 Å². The monoisotopic (exact) mass is 316 g/mol. The van der Waals surface area contributed by atoms with E-state index >= 15 is 0 Å². The molecule has 7 nitrogen and oxygen atoms in total. The number of hydrogen-bond donors (Lipinski definition) is 2. The number of amides is 3. The minimum absolute atomic E-state index is 0.204. The van der Waals surface area contributed by atoms with Crippen LogP contribution in [0, 0.1) is 0 Å². The first-order valence-corrected chi connectivity index (χ1v) is 7.36.